The lowest BCUT2D eigenvalue weighted by Gasteiger charge is -2.27. The number of aromatic nitrogens is 3. The minimum Gasteiger partial charge on any atom is -0.432 e. The molecule has 3 aromatic rings. The Labute approximate surface area is 166 Å². The van der Waals surface area contributed by atoms with Gasteiger partial charge in [0.1, 0.15) is 5.52 Å². The highest BCUT2D eigenvalue weighted by Crippen LogP contribution is 2.33. The molecule has 0 atom stereocenters. The fourth-order valence-corrected chi connectivity index (χ4v) is 3.47. The number of nitrogens with zero attached hydrogens (tertiary/aromatic N) is 5. The number of hydrogen-bond donors (Lipinski definition) is 0. The molecule has 1 saturated heterocycles. The summed E-state index contributed by atoms with van der Waals surface area (Å²) in [4.78, 5) is 15.3. The van der Waals surface area contributed by atoms with Gasteiger partial charge in [0.15, 0.2) is 11.4 Å². The number of ether oxygens (including phenoxy) is 1. The van der Waals surface area contributed by atoms with E-state index in [1.54, 1.807) is 12.4 Å². The molecule has 0 unspecified atom stereocenters. The predicted octanol–water partition coefficient (Wildman–Crippen LogP) is 4.13. The molecule has 0 aliphatic carbocycles. The SMILES string of the molecule is CC(C)(C)S/N=C/c1cnc2oc3c(N4CCOCC4)nc(Cl)nc3c2c1. The standard InChI is InChI=1S/C18H20ClN5O2S/c1-18(2,3)27-21-10-11-8-12-13-14(26-16(12)20-9-11)15(23-17(19)22-13)24-4-6-25-7-5-24/h8-10H,4-7H2,1-3H3/b21-10+. The summed E-state index contributed by atoms with van der Waals surface area (Å²) in [7, 11) is 0. The summed E-state index contributed by atoms with van der Waals surface area (Å²) in [5.41, 5.74) is 2.65. The van der Waals surface area contributed by atoms with E-state index in [1.807, 2.05) is 6.07 Å². The zero-order valence-electron chi connectivity index (χ0n) is 15.4. The van der Waals surface area contributed by atoms with Crippen LogP contribution in [-0.2, 0) is 4.74 Å². The maximum atomic E-state index is 6.20. The van der Waals surface area contributed by atoms with Gasteiger partial charge in [-0.2, -0.15) is 4.98 Å². The van der Waals surface area contributed by atoms with E-state index in [9.17, 15) is 0 Å². The van der Waals surface area contributed by atoms with E-state index in [0.29, 0.717) is 35.8 Å². The van der Waals surface area contributed by atoms with E-state index >= 15 is 0 Å². The first-order valence-electron chi connectivity index (χ1n) is 8.71. The van der Waals surface area contributed by atoms with E-state index < -0.39 is 0 Å². The number of hydrogen-bond acceptors (Lipinski definition) is 8. The fraction of sp³-hybridized carbons (Fsp3) is 0.444. The van der Waals surface area contributed by atoms with Crippen molar-refractivity contribution >= 4 is 57.8 Å². The molecule has 0 amide bonds. The lowest BCUT2D eigenvalue weighted by atomic mass is 10.2. The van der Waals surface area contributed by atoms with Crippen molar-refractivity contribution in [3.63, 3.8) is 0 Å². The van der Waals surface area contributed by atoms with Crippen LogP contribution in [0.3, 0.4) is 0 Å². The van der Waals surface area contributed by atoms with Crippen LogP contribution in [0.4, 0.5) is 5.82 Å². The lowest BCUT2D eigenvalue weighted by Crippen LogP contribution is -2.36. The predicted molar refractivity (Wildman–Crippen MR) is 110 cm³/mol. The highest BCUT2D eigenvalue weighted by Gasteiger charge is 2.22. The Morgan fingerprint density at radius 1 is 1.26 bits per heavy atom. The van der Waals surface area contributed by atoms with E-state index in [2.05, 4.69) is 45.0 Å². The van der Waals surface area contributed by atoms with Gasteiger partial charge in [0.05, 0.1) is 18.6 Å². The Morgan fingerprint density at radius 3 is 2.78 bits per heavy atom. The van der Waals surface area contributed by atoms with Crippen LogP contribution in [-0.4, -0.2) is 52.2 Å². The van der Waals surface area contributed by atoms with Gasteiger partial charge in [0.2, 0.25) is 11.0 Å². The van der Waals surface area contributed by atoms with Crippen molar-refractivity contribution in [3.8, 4) is 0 Å². The maximum Gasteiger partial charge on any atom is 0.229 e. The smallest absolute Gasteiger partial charge is 0.229 e. The van der Waals surface area contributed by atoms with Gasteiger partial charge in [-0.1, -0.05) is 0 Å². The van der Waals surface area contributed by atoms with E-state index in [-0.39, 0.29) is 10.0 Å². The van der Waals surface area contributed by atoms with Gasteiger partial charge in [-0.3, -0.25) is 0 Å². The van der Waals surface area contributed by atoms with E-state index in [0.717, 1.165) is 24.0 Å². The molecule has 1 aliphatic rings. The number of furan rings is 1. The minimum absolute atomic E-state index is 0.0597. The average Bonchev–Trinajstić information content (AvgIpc) is 2.99. The molecule has 0 aromatic carbocycles. The van der Waals surface area contributed by atoms with Crippen LogP contribution in [0.2, 0.25) is 5.28 Å². The Morgan fingerprint density at radius 2 is 2.04 bits per heavy atom. The second kappa shape index (κ2) is 7.26. The third kappa shape index (κ3) is 4.02. The van der Waals surface area contributed by atoms with Crippen molar-refractivity contribution < 1.29 is 9.15 Å². The van der Waals surface area contributed by atoms with Crippen LogP contribution in [0.15, 0.2) is 21.1 Å². The van der Waals surface area contributed by atoms with Crippen LogP contribution >= 0.6 is 23.5 Å². The second-order valence-corrected chi connectivity index (χ2v) is 9.21. The summed E-state index contributed by atoms with van der Waals surface area (Å²) < 4.78 is 15.9. The van der Waals surface area contributed by atoms with Crippen molar-refractivity contribution in [2.24, 2.45) is 4.40 Å². The van der Waals surface area contributed by atoms with Gasteiger partial charge >= 0.3 is 0 Å². The Kier molecular flexibility index (Phi) is 4.96. The minimum atomic E-state index is 0.0597. The summed E-state index contributed by atoms with van der Waals surface area (Å²) in [6, 6.07) is 1.97. The lowest BCUT2D eigenvalue weighted by molar-refractivity contribution is 0.122. The van der Waals surface area contributed by atoms with Gasteiger partial charge in [-0.05, 0) is 50.4 Å². The molecule has 0 radical (unpaired) electrons. The molecule has 7 nitrogen and oxygen atoms in total. The van der Waals surface area contributed by atoms with E-state index in [4.69, 9.17) is 20.8 Å². The molecule has 3 aromatic heterocycles. The zero-order chi connectivity index (χ0) is 19.0. The molecule has 1 fully saturated rings. The van der Waals surface area contributed by atoms with Crippen molar-refractivity contribution in [2.45, 2.75) is 25.5 Å². The topological polar surface area (TPSA) is 76.6 Å². The maximum absolute atomic E-state index is 6.20. The molecule has 142 valence electrons. The van der Waals surface area contributed by atoms with Gasteiger partial charge in [0, 0.05) is 35.8 Å². The molecular weight excluding hydrogens is 386 g/mol. The highest BCUT2D eigenvalue weighted by molar-refractivity contribution is 7.99. The molecule has 0 N–H and O–H groups in total. The summed E-state index contributed by atoms with van der Waals surface area (Å²) in [6.07, 6.45) is 3.54. The van der Waals surface area contributed by atoms with Crippen LogP contribution in [0.1, 0.15) is 26.3 Å². The summed E-state index contributed by atoms with van der Waals surface area (Å²) in [6.45, 7) is 9.11. The van der Waals surface area contributed by atoms with Gasteiger partial charge in [0.25, 0.3) is 0 Å². The number of anilines is 1. The number of pyridine rings is 1. The van der Waals surface area contributed by atoms with Gasteiger partial charge in [-0.25, -0.2) is 14.4 Å². The van der Waals surface area contributed by atoms with Crippen molar-refractivity contribution in [1.82, 2.24) is 15.0 Å². The van der Waals surface area contributed by atoms with Crippen molar-refractivity contribution in [2.75, 3.05) is 31.2 Å². The number of fused-ring (bicyclic) bond motifs is 3. The molecule has 4 heterocycles. The highest BCUT2D eigenvalue weighted by atomic mass is 35.5. The molecule has 4 rings (SSSR count). The first-order chi connectivity index (χ1) is 12.9. The molecule has 0 bridgehead atoms. The summed E-state index contributed by atoms with van der Waals surface area (Å²) in [5.74, 6) is 0.685. The van der Waals surface area contributed by atoms with E-state index in [1.165, 1.54) is 11.9 Å². The summed E-state index contributed by atoms with van der Waals surface area (Å²) in [5, 5.41) is 0.988. The molecule has 0 saturated carbocycles. The monoisotopic (exact) mass is 405 g/mol. The Bertz CT molecular complexity index is 1010. The Hall–Kier alpha value is -1.90. The normalized spacial score (nSPS) is 16.1. The zero-order valence-corrected chi connectivity index (χ0v) is 17.0. The first-order valence-corrected chi connectivity index (χ1v) is 9.86. The Balaban J connectivity index is 1.77. The average molecular weight is 406 g/mol. The molecule has 1 aliphatic heterocycles. The third-order valence-corrected chi connectivity index (χ3v) is 4.91. The van der Waals surface area contributed by atoms with Gasteiger partial charge < -0.3 is 14.1 Å². The molecule has 27 heavy (non-hydrogen) atoms. The van der Waals surface area contributed by atoms with Gasteiger partial charge in [-0.15, -0.1) is 0 Å². The fourth-order valence-electron chi connectivity index (χ4n) is 2.81. The number of rotatable bonds is 3. The van der Waals surface area contributed by atoms with Crippen molar-refractivity contribution in [1.29, 1.82) is 0 Å². The van der Waals surface area contributed by atoms with Crippen LogP contribution < -0.4 is 4.90 Å². The summed E-state index contributed by atoms with van der Waals surface area (Å²) >= 11 is 7.72. The quantitative estimate of drug-likeness (QED) is 0.368. The van der Waals surface area contributed by atoms with Crippen LogP contribution in [0, 0.1) is 0 Å². The largest absolute Gasteiger partial charge is 0.432 e. The number of morpholine rings is 1. The second-order valence-electron chi connectivity index (χ2n) is 7.25. The number of halogens is 1. The van der Waals surface area contributed by atoms with Crippen molar-refractivity contribution in [3.05, 3.63) is 23.1 Å². The first kappa shape index (κ1) is 18.5. The molecule has 0 spiro atoms. The molecule has 9 heteroatoms. The van der Waals surface area contributed by atoms with Crippen LogP contribution in [0.25, 0.3) is 22.2 Å². The van der Waals surface area contributed by atoms with Crippen LogP contribution in [0.5, 0.6) is 0 Å². The molecular formula is C18H20ClN5O2S. The third-order valence-electron chi connectivity index (χ3n) is 3.99.